The molecular formula is C17H11Br2NO. The number of rotatable bonds is 2. The molecule has 0 saturated carbocycles. The van der Waals surface area contributed by atoms with Gasteiger partial charge < -0.3 is 0 Å². The third-order valence-electron chi connectivity index (χ3n) is 3.29. The third kappa shape index (κ3) is 2.74. The molecule has 0 aliphatic carbocycles. The highest BCUT2D eigenvalue weighted by Crippen LogP contribution is 2.35. The van der Waals surface area contributed by atoms with Crippen molar-refractivity contribution >= 4 is 49.0 Å². The molecule has 3 rings (SSSR count). The van der Waals surface area contributed by atoms with E-state index in [9.17, 15) is 4.79 Å². The summed E-state index contributed by atoms with van der Waals surface area (Å²) >= 11 is 6.84. The molecule has 104 valence electrons. The van der Waals surface area contributed by atoms with E-state index >= 15 is 0 Å². The molecule has 2 nitrogen and oxygen atoms in total. The highest BCUT2D eigenvalue weighted by atomic mass is 79.9. The summed E-state index contributed by atoms with van der Waals surface area (Å²) in [7, 11) is 0. The molecule has 0 unspecified atom stereocenters. The Morgan fingerprint density at radius 3 is 2.33 bits per heavy atom. The first-order chi connectivity index (χ1) is 10.1. The number of anilines is 1. The standard InChI is InChI=1S/C17H11Br2NO/c1-11-16(12-5-7-13(18)8-6-12)10-17(21)20(11)15-4-2-3-14(19)9-15/h2-10H,1H2. The fraction of sp³-hybridized carbons (Fsp3) is 0. The second-order valence-electron chi connectivity index (χ2n) is 4.67. The van der Waals surface area contributed by atoms with Crippen LogP contribution in [-0.4, -0.2) is 5.91 Å². The summed E-state index contributed by atoms with van der Waals surface area (Å²) in [6.45, 7) is 4.08. The van der Waals surface area contributed by atoms with Crippen molar-refractivity contribution in [3.05, 3.63) is 81.4 Å². The van der Waals surface area contributed by atoms with Crippen molar-refractivity contribution in [1.82, 2.24) is 0 Å². The first-order valence-corrected chi connectivity index (χ1v) is 7.91. The Kier molecular flexibility index (Phi) is 3.83. The van der Waals surface area contributed by atoms with Gasteiger partial charge in [0.2, 0.25) is 0 Å². The fourth-order valence-electron chi connectivity index (χ4n) is 2.30. The van der Waals surface area contributed by atoms with Gasteiger partial charge in [0.15, 0.2) is 0 Å². The Bertz CT molecular complexity index is 763. The van der Waals surface area contributed by atoms with E-state index in [-0.39, 0.29) is 5.91 Å². The molecule has 0 saturated heterocycles. The molecular weight excluding hydrogens is 394 g/mol. The summed E-state index contributed by atoms with van der Waals surface area (Å²) in [5.74, 6) is -0.0731. The van der Waals surface area contributed by atoms with Crippen LogP contribution in [0.2, 0.25) is 0 Å². The number of nitrogens with zero attached hydrogens (tertiary/aromatic N) is 1. The SMILES string of the molecule is C=C1C(c2ccc(Br)cc2)=CC(=O)N1c1cccc(Br)c1. The minimum Gasteiger partial charge on any atom is -0.277 e. The Morgan fingerprint density at radius 1 is 0.952 bits per heavy atom. The van der Waals surface area contributed by atoms with Gasteiger partial charge in [-0.1, -0.05) is 56.6 Å². The second kappa shape index (κ2) is 5.62. The van der Waals surface area contributed by atoms with Gasteiger partial charge >= 0.3 is 0 Å². The molecule has 0 N–H and O–H groups in total. The molecule has 1 heterocycles. The van der Waals surface area contributed by atoms with Crippen molar-refractivity contribution in [3.8, 4) is 0 Å². The van der Waals surface area contributed by atoms with Gasteiger partial charge in [0.1, 0.15) is 0 Å². The number of halogens is 2. The Labute approximate surface area is 140 Å². The van der Waals surface area contributed by atoms with Crippen LogP contribution in [0, 0.1) is 0 Å². The van der Waals surface area contributed by atoms with Crippen LogP contribution < -0.4 is 4.90 Å². The van der Waals surface area contributed by atoms with Crippen molar-refractivity contribution < 1.29 is 4.79 Å². The fourth-order valence-corrected chi connectivity index (χ4v) is 2.95. The van der Waals surface area contributed by atoms with Crippen LogP contribution >= 0.6 is 31.9 Å². The van der Waals surface area contributed by atoms with E-state index in [0.717, 1.165) is 25.8 Å². The van der Waals surface area contributed by atoms with E-state index in [4.69, 9.17) is 0 Å². The summed E-state index contributed by atoms with van der Waals surface area (Å²) in [4.78, 5) is 13.9. The van der Waals surface area contributed by atoms with Crippen molar-refractivity contribution in [1.29, 1.82) is 0 Å². The van der Waals surface area contributed by atoms with E-state index < -0.39 is 0 Å². The minimum atomic E-state index is -0.0731. The van der Waals surface area contributed by atoms with Gasteiger partial charge in [-0.2, -0.15) is 0 Å². The molecule has 0 aromatic heterocycles. The number of benzene rings is 2. The maximum Gasteiger partial charge on any atom is 0.256 e. The first kappa shape index (κ1) is 14.3. The normalized spacial score (nSPS) is 14.6. The molecule has 1 aliphatic heterocycles. The highest BCUT2D eigenvalue weighted by molar-refractivity contribution is 9.10. The van der Waals surface area contributed by atoms with Crippen LogP contribution in [0.5, 0.6) is 0 Å². The number of allylic oxidation sites excluding steroid dienone is 1. The number of hydrogen-bond donors (Lipinski definition) is 0. The Morgan fingerprint density at radius 2 is 1.67 bits per heavy atom. The zero-order valence-corrected chi connectivity index (χ0v) is 14.2. The molecule has 2 aromatic rings. The molecule has 0 radical (unpaired) electrons. The molecule has 1 amide bonds. The van der Waals surface area contributed by atoms with Gasteiger partial charge in [0.05, 0.1) is 11.4 Å². The van der Waals surface area contributed by atoms with Crippen LogP contribution in [-0.2, 0) is 4.79 Å². The van der Waals surface area contributed by atoms with Crippen molar-refractivity contribution in [2.24, 2.45) is 0 Å². The van der Waals surface area contributed by atoms with Gasteiger partial charge in [-0.15, -0.1) is 0 Å². The van der Waals surface area contributed by atoms with E-state index in [2.05, 4.69) is 38.4 Å². The van der Waals surface area contributed by atoms with Crippen molar-refractivity contribution in [2.45, 2.75) is 0 Å². The molecule has 0 fully saturated rings. The maximum absolute atomic E-state index is 12.3. The largest absolute Gasteiger partial charge is 0.277 e. The lowest BCUT2D eigenvalue weighted by Gasteiger charge is -2.19. The lowest BCUT2D eigenvalue weighted by atomic mass is 10.1. The lowest BCUT2D eigenvalue weighted by Crippen LogP contribution is -2.22. The summed E-state index contributed by atoms with van der Waals surface area (Å²) in [5.41, 5.74) is 3.34. The van der Waals surface area contributed by atoms with E-state index in [1.807, 2.05) is 48.5 Å². The van der Waals surface area contributed by atoms with Crippen LogP contribution in [0.4, 0.5) is 5.69 Å². The van der Waals surface area contributed by atoms with Gasteiger partial charge in [-0.05, 0) is 35.9 Å². The average Bonchev–Trinajstić information content (AvgIpc) is 2.75. The number of carbonyl (C=O) groups is 1. The first-order valence-electron chi connectivity index (χ1n) is 6.33. The summed E-state index contributed by atoms with van der Waals surface area (Å²) < 4.78 is 1.93. The topological polar surface area (TPSA) is 20.3 Å². The molecule has 2 aromatic carbocycles. The highest BCUT2D eigenvalue weighted by Gasteiger charge is 2.28. The van der Waals surface area contributed by atoms with E-state index in [1.54, 1.807) is 11.0 Å². The van der Waals surface area contributed by atoms with Gasteiger partial charge in [-0.3, -0.25) is 9.69 Å². The van der Waals surface area contributed by atoms with Crippen LogP contribution in [0.25, 0.3) is 5.57 Å². The smallest absolute Gasteiger partial charge is 0.256 e. The van der Waals surface area contributed by atoms with Gasteiger partial charge in [-0.25, -0.2) is 0 Å². The monoisotopic (exact) mass is 403 g/mol. The summed E-state index contributed by atoms with van der Waals surface area (Å²) in [5, 5.41) is 0. The van der Waals surface area contributed by atoms with Crippen molar-refractivity contribution in [2.75, 3.05) is 4.90 Å². The minimum absolute atomic E-state index is 0.0731. The van der Waals surface area contributed by atoms with E-state index in [1.165, 1.54) is 0 Å². The predicted molar refractivity (Wildman–Crippen MR) is 92.9 cm³/mol. The van der Waals surface area contributed by atoms with Gasteiger partial charge in [0, 0.05) is 20.6 Å². The zero-order chi connectivity index (χ0) is 15.0. The maximum atomic E-state index is 12.3. The Hall–Kier alpha value is -1.65. The third-order valence-corrected chi connectivity index (χ3v) is 4.31. The molecule has 1 aliphatic rings. The zero-order valence-electron chi connectivity index (χ0n) is 11.0. The van der Waals surface area contributed by atoms with Gasteiger partial charge in [0.25, 0.3) is 5.91 Å². The number of carbonyl (C=O) groups excluding carboxylic acids is 1. The Balaban J connectivity index is 1.97. The summed E-state index contributed by atoms with van der Waals surface area (Å²) in [6, 6.07) is 15.5. The van der Waals surface area contributed by atoms with Crippen molar-refractivity contribution in [3.63, 3.8) is 0 Å². The lowest BCUT2D eigenvalue weighted by molar-refractivity contribution is -0.113. The summed E-state index contributed by atoms with van der Waals surface area (Å²) in [6.07, 6.45) is 1.63. The average molecular weight is 405 g/mol. The molecule has 0 spiro atoms. The molecule has 0 bridgehead atoms. The van der Waals surface area contributed by atoms with Crippen LogP contribution in [0.1, 0.15) is 5.56 Å². The molecule has 21 heavy (non-hydrogen) atoms. The van der Waals surface area contributed by atoms with Crippen LogP contribution in [0.15, 0.2) is 75.8 Å². The van der Waals surface area contributed by atoms with E-state index in [0.29, 0.717) is 5.70 Å². The number of amides is 1. The second-order valence-corrected chi connectivity index (χ2v) is 6.50. The number of hydrogen-bond acceptors (Lipinski definition) is 1. The molecule has 0 atom stereocenters. The predicted octanol–water partition coefficient (Wildman–Crippen LogP) is 5.16. The quantitative estimate of drug-likeness (QED) is 0.677. The van der Waals surface area contributed by atoms with Crippen LogP contribution in [0.3, 0.4) is 0 Å². The molecule has 4 heteroatoms.